The number of hydrogen-bond donors (Lipinski definition) is 2. The number of nitrogens with one attached hydrogen (secondary N) is 1. The van der Waals surface area contributed by atoms with Crippen molar-refractivity contribution in [2.75, 3.05) is 31.0 Å². The fourth-order valence-corrected chi connectivity index (χ4v) is 3.62. The van der Waals surface area contributed by atoms with E-state index >= 15 is 0 Å². The molecule has 2 rings (SSSR count). The maximum atomic E-state index is 5.81. The van der Waals surface area contributed by atoms with E-state index in [0.29, 0.717) is 23.0 Å². The van der Waals surface area contributed by atoms with Crippen molar-refractivity contribution in [3.05, 3.63) is 11.9 Å². The first-order chi connectivity index (χ1) is 9.67. The number of hydrogen-bond acceptors (Lipinski definition) is 6. The quantitative estimate of drug-likeness (QED) is 0.841. The lowest BCUT2D eigenvalue weighted by atomic mass is 9.88. The summed E-state index contributed by atoms with van der Waals surface area (Å²) in [6.45, 7) is 1.31. The predicted molar refractivity (Wildman–Crippen MR) is 85.0 cm³/mol. The molecule has 0 aliphatic heterocycles. The van der Waals surface area contributed by atoms with Crippen LogP contribution in [0.25, 0.3) is 0 Å². The lowest BCUT2D eigenvalue weighted by Crippen LogP contribution is -2.35. The fraction of sp³-hybridized carbons (Fsp3) is 0.714. The summed E-state index contributed by atoms with van der Waals surface area (Å²) < 4.78 is 5.39. The van der Waals surface area contributed by atoms with Crippen molar-refractivity contribution >= 4 is 23.4 Å². The van der Waals surface area contributed by atoms with Gasteiger partial charge >= 0.3 is 0 Å². The van der Waals surface area contributed by atoms with E-state index in [9.17, 15) is 0 Å². The molecule has 20 heavy (non-hydrogen) atoms. The van der Waals surface area contributed by atoms with Crippen LogP contribution in [0.5, 0.6) is 0 Å². The summed E-state index contributed by atoms with van der Waals surface area (Å²) in [5, 5.41) is 3.44. The second-order valence-corrected chi connectivity index (χ2v) is 6.60. The number of ether oxygens (including phenoxy) is 1. The highest BCUT2D eigenvalue weighted by Gasteiger charge is 2.30. The van der Waals surface area contributed by atoms with Gasteiger partial charge < -0.3 is 15.8 Å². The van der Waals surface area contributed by atoms with E-state index in [1.165, 1.54) is 32.1 Å². The van der Waals surface area contributed by atoms with Gasteiger partial charge in [0.1, 0.15) is 18.2 Å². The maximum absolute atomic E-state index is 5.81. The van der Waals surface area contributed by atoms with Crippen LogP contribution < -0.4 is 11.1 Å². The number of thioether (sulfide) groups is 1. The zero-order valence-corrected chi connectivity index (χ0v) is 13.1. The number of nitrogens with two attached hydrogens (primary N) is 1. The lowest BCUT2D eigenvalue weighted by molar-refractivity contribution is 0.178. The smallest absolute Gasteiger partial charge is 0.158 e. The molecule has 1 fully saturated rings. The van der Waals surface area contributed by atoms with Gasteiger partial charge in [0.2, 0.25) is 0 Å². The molecule has 1 aliphatic carbocycles. The van der Waals surface area contributed by atoms with Crippen LogP contribution in [-0.4, -0.2) is 34.6 Å². The molecule has 0 aromatic carbocycles. The molecule has 0 spiro atoms. The van der Waals surface area contributed by atoms with E-state index in [1.807, 2.05) is 11.8 Å². The molecular weight excluding hydrogens is 272 g/mol. The summed E-state index contributed by atoms with van der Waals surface area (Å²) in [4.78, 5) is 8.59. The highest BCUT2D eigenvalue weighted by molar-refractivity contribution is 8.00. The fourth-order valence-electron chi connectivity index (χ4n) is 2.70. The Balaban J connectivity index is 2.02. The third-order valence-electron chi connectivity index (χ3n) is 3.86. The third kappa shape index (κ3) is 3.99. The van der Waals surface area contributed by atoms with E-state index in [-0.39, 0.29) is 0 Å². The Hall–Kier alpha value is -1.01. The van der Waals surface area contributed by atoms with E-state index in [2.05, 4.69) is 21.5 Å². The Labute approximate surface area is 125 Å². The van der Waals surface area contributed by atoms with E-state index < -0.39 is 0 Å². The summed E-state index contributed by atoms with van der Waals surface area (Å²) in [6, 6.07) is 1.79. The Bertz CT molecular complexity index is 435. The van der Waals surface area contributed by atoms with Gasteiger partial charge in [0, 0.05) is 24.5 Å². The standard InChI is InChI=1S/C14H24N4OS/c1-19-9-13-17-11(15)8-12(18-13)16-10-14(20-2)6-4-3-5-7-14/h8H,3-7,9-10H2,1-2H3,(H3,15,16,17,18). The lowest BCUT2D eigenvalue weighted by Gasteiger charge is -2.36. The van der Waals surface area contributed by atoms with Crippen molar-refractivity contribution in [2.24, 2.45) is 0 Å². The number of nitrogens with zero attached hydrogens (tertiary/aromatic N) is 2. The predicted octanol–water partition coefficient (Wildman–Crippen LogP) is 2.68. The highest BCUT2D eigenvalue weighted by atomic mass is 32.2. The van der Waals surface area contributed by atoms with Crippen molar-refractivity contribution in [1.29, 1.82) is 0 Å². The molecule has 0 atom stereocenters. The first kappa shape index (κ1) is 15.4. The van der Waals surface area contributed by atoms with Crippen LogP contribution in [0.15, 0.2) is 6.07 Å². The minimum absolute atomic E-state index is 0.333. The van der Waals surface area contributed by atoms with Crippen molar-refractivity contribution in [3.63, 3.8) is 0 Å². The molecule has 0 unspecified atom stereocenters. The summed E-state index contributed by atoms with van der Waals surface area (Å²) in [5.41, 5.74) is 5.81. The van der Waals surface area contributed by atoms with E-state index in [1.54, 1.807) is 13.2 Å². The SMILES string of the molecule is COCc1nc(N)cc(NCC2(SC)CCCCC2)n1. The van der Waals surface area contributed by atoms with Gasteiger partial charge in [-0.25, -0.2) is 9.97 Å². The van der Waals surface area contributed by atoms with Gasteiger partial charge in [-0.15, -0.1) is 0 Å². The van der Waals surface area contributed by atoms with Crippen LogP contribution in [0.2, 0.25) is 0 Å². The number of anilines is 2. The monoisotopic (exact) mass is 296 g/mol. The van der Waals surface area contributed by atoms with Gasteiger partial charge in [-0.3, -0.25) is 0 Å². The van der Waals surface area contributed by atoms with Gasteiger partial charge in [-0.2, -0.15) is 11.8 Å². The topological polar surface area (TPSA) is 73.1 Å². The number of aromatic nitrogens is 2. The molecule has 0 saturated heterocycles. The van der Waals surface area contributed by atoms with Crippen molar-refractivity contribution in [2.45, 2.75) is 43.5 Å². The second kappa shape index (κ2) is 7.13. The third-order valence-corrected chi connectivity index (χ3v) is 5.27. The summed E-state index contributed by atoms with van der Waals surface area (Å²) in [5.74, 6) is 1.90. The average Bonchev–Trinajstić information content (AvgIpc) is 2.46. The van der Waals surface area contributed by atoms with Gasteiger partial charge in [0.25, 0.3) is 0 Å². The van der Waals surface area contributed by atoms with Crippen LogP contribution in [0.4, 0.5) is 11.6 Å². The van der Waals surface area contributed by atoms with Crippen LogP contribution in [0.3, 0.4) is 0 Å². The van der Waals surface area contributed by atoms with Gasteiger partial charge in [-0.1, -0.05) is 19.3 Å². The van der Waals surface area contributed by atoms with Crippen molar-refractivity contribution < 1.29 is 4.74 Å². The Morgan fingerprint density at radius 2 is 2.10 bits per heavy atom. The van der Waals surface area contributed by atoms with Gasteiger partial charge in [-0.05, 0) is 19.1 Å². The zero-order chi connectivity index (χ0) is 14.4. The Morgan fingerprint density at radius 3 is 2.75 bits per heavy atom. The molecule has 1 aliphatic rings. The Morgan fingerprint density at radius 1 is 1.35 bits per heavy atom. The van der Waals surface area contributed by atoms with Gasteiger partial charge in [0.15, 0.2) is 5.82 Å². The van der Waals surface area contributed by atoms with Crippen molar-refractivity contribution in [1.82, 2.24) is 9.97 Å². The minimum atomic E-state index is 0.333. The second-order valence-electron chi connectivity index (χ2n) is 5.33. The average molecular weight is 296 g/mol. The number of nitrogen functional groups attached to an aromatic ring is 1. The normalized spacial score (nSPS) is 17.9. The molecule has 1 saturated carbocycles. The molecule has 6 heteroatoms. The van der Waals surface area contributed by atoms with Crippen LogP contribution in [-0.2, 0) is 11.3 Å². The summed E-state index contributed by atoms with van der Waals surface area (Å²) >= 11 is 1.97. The van der Waals surface area contributed by atoms with E-state index in [4.69, 9.17) is 10.5 Å². The maximum Gasteiger partial charge on any atom is 0.158 e. The molecule has 3 N–H and O–H groups in total. The van der Waals surface area contributed by atoms with E-state index in [0.717, 1.165) is 12.4 Å². The molecule has 0 amide bonds. The van der Waals surface area contributed by atoms with Gasteiger partial charge in [0.05, 0.1) is 0 Å². The minimum Gasteiger partial charge on any atom is -0.384 e. The molecule has 0 bridgehead atoms. The first-order valence-corrected chi connectivity index (χ1v) is 8.31. The Kier molecular flexibility index (Phi) is 5.48. The first-order valence-electron chi connectivity index (χ1n) is 7.09. The molecule has 0 radical (unpaired) electrons. The molecule has 112 valence electrons. The molecule has 1 aromatic rings. The molecule has 5 nitrogen and oxygen atoms in total. The van der Waals surface area contributed by atoms with Crippen LogP contribution in [0, 0.1) is 0 Å². The highest BCUT2D eigenvalue weighted by Crippen LogP contribution is 2.38. The van der Waals surface area contributed by atoms with Crippen molar-refractivity contribution in [3.8, 4) is 0 Å². The summed E-state index contributed by atoms with van der Waals surface area (Å²) in [7, 11) is 1.63. The number of methoxy groups -OCH3 is 1. The molecule has 1 aromatic heterocycles. The van der Waals surface area contributed by atoms with Crippen LogP contribution in [0.1, 0.15) is 37.9 Å². The summed E-state index contributed by atoms with van der Waals surface area (Å²) in [6.07, 6.45) is 8.75. The molecular formula is C14H24N4OS. The largest absolute Gasteiger partial charge is 0.384 e. The van der Waals surface area contributed by atoms with Crippen LogP contribution >= 0.6 is 11.8 Å². The molecule has 1 heterocycles. The zero-order valence-electron chi connectivity index (χ0n) is 12.3. The number of rotatable bonds is 6.